The van der Waals surface area contributed by atoms with Crippen LogP contribution in [-0.2, 0) is 6.42 Å². The van der Waals surface area contributed by atoms with Crippen LogP contribution in [0.5, 0.6) is 0 Å². The molecular weight excluding hydrogens is 206 g/mol. The quantitative estimate of drug-likeness (QED) is 0.833. The van der Waals surface area contributed by atoms with Gasteiger partial charge in [0.05, 0.1) is 0 Å². The molecule has 0 aromatic heterocycles. The third kappa shape index (κ3) is 2.01. The molecule has 3 rings (SSSR count). The van der Waals surface area contributed by atoms with Crippen molar-refractivity contribution in [2.24, 2.45) is 11.3 Å². The molecule has 1 aromatic carbocycles. The van der Waals surface area contributed by atoms with E-state index in [4.69, 9.17) is 0 Å². The highest BCUT2D eigenvalue weighted by molar-refractivity contribution is 5.37. The predicted octanol–water partition coefficient (Wildman–Crippen LogP) is 3.70. The summed E-state index contributed by atoms with van der Waals surface area (Å²) in [5.74, 6) is 0.943. The largest absolute Gasteiger partial charge is 0.309 e. The third-order valence-electron chi connectivity index (χ3n) is 4.63. The molecule has 0 amide bonds. The highest BCUT2D eigenvalue weighted by Crippen LogP contribution is 2.45. The third-order valence-corrected chi connectivity index (χ3v) is 4.63. The fourth-order valence-corrected chi connectivity index (χ4v) is 3.36. The van der Waals surface area contributed by atoms with E-state index in [1.165, 1.54) is 37.8 Å². The smallest absolute Gasteiger partial charge is 0.0377 e. The zero-order valence-corrected chi connectivity index (χ0v) is 11.0. The van der Waals surface area contributed by atoms with Crippen molar-refractivity contribution < 1.29 is 0 Å². The maximum atomic E-state index is 3.83. The summed E-state index contributed by atoms with van der Waals surface area (Å²) in [4.78, 5) is 0. The summed E-state index contributed by atoms with van der Waals surface area (Å²) in [7, 11) is 0. The second-order valence-corrected chi connectivity index (χ2v) is 6.50. The molecule has 2 aliphatic rings. The second-order valence-electron chi connectivity index (χ2n) is 6.50. The van der Waals surface area contributed by atoms with Gasteiger partial charge in [0.1, 0.15) is 0 Å². The molecule has 92 valence electrons. The first-order valence-corrected chi connectivity index (χ1v) is 6.98. The Morgan fingerprint density at radius 3 is 2.71 bits per heavy atom. The van der Waals surface area contributed by atoms with Crippen molar-refractivity contribution in [3.63, 3.8) is 0 Å². The zero-order chi connectivity index (χ0) is 11.9. The van der Waals surface area contributed by atoms with Crippen LogP contribution in [0.15, 0.2) is 24.3 Å². The molecule has 2 aliphatic carbocycles. The molecule has 0 radical (unpaired) electrons. The van der Waals surface area contributed by atoms with Gasteiger partial charge in [0.15, 0.2) is 0 Å². The number of hydrogen-bond donors (Lipinski definition) is 1. The van der Waals surface area contributed by atoms with Gasteiger partial charge < -0.3 is 5.32 Å². The predicted molar refractivity (Wildman–Crippen MR) is 72.0 cm³/mol. The van der Waals surface area contributed by atoms with Crippen molar-refractivity contribution in [1.29, 1.82) is 0 Å². The van der Waals surface area contributed by atoms with E-state index in [0.717, 1.165) is 5.92 Å². The molecule has 1 saturated carbocycles. The van der Waals surface area contributed by atoms with Crippen molar-refractivity contribution in [2.75, 3.05) is 6.54 Å². The minimum atomic E-state index is 0.368. The summed E-state index contributed by atoms with van der Waals surface area (Å²) in [6, 6.07) is 9.51. The van der Waals surface area contributed by atoms with Gasteiger partial charge >= 0.3 is 0 Å². The molecule has 1 heteroatoms. The summed E-state index contributed by atoms with van der Waals surface area (Å²) < 4.78 is 0. The average Bonchev–Trinajstić information content (AvgIpc) is 2.47. The highest BCUT2D eigenvalue weighted by atomic mass is 14.9. The topological polar surface area (TPSA) is 12.0 Å². The number of hydrogen-bond acceptors (Lipinski definition) is 1. The molecule has 1 fully saturated rings. The summed E-state index contributed by atoms with van der Waals surface area (Å²) >= 11 is 0. The monoisotopic (exact) mass is 229 g/mol. The van der Waals surface area contributed by atoms with Crippen LogP contribution in [0.3, 0.4) is 0 Å². The van der Waals surface area contributed by atoms with Crippen LogP contribution in [0.2, 0.25) is 0 Å². The van der Waals surface area contributed by atoms with Crippen LogP contribution in [0.4, 0.5) is 0 Å². The average molecular weight is 229 g/mol. The number of benzene rings is 1. The lowest BCUT2D eigenvalue weighted by Crippen LogP contribution is -2.36. The first kappa shape index (κ1) is 11.3. The van der Waals surface area contributed by atoms with Gasteiger partial charge in [-0.15, -0.1) is 0 Å². The molecule has 0 aliphatic heterocycles. The van der Waals surface area contributed by atoms with E-state index in [0.29, 0.717) is 11.5 Å². The molecule has 17 heavy (non-hydrogen) atoms. The Morgan fingerprint density at radius 2 is 2.00 bits per heavy atom. The van der Waals surface area contributed by atoms with Crippen LogP contribution in [0.25, 0.3) is 0 Å². The van der Waals surface area contributed by atoms with Crippen molar-refractivity contribution in [3.05, 3.63) is 35.4 Å². The molecule has 1 unspecified atom stereocenters. The van der Waals surface area contributed by atoms with Gasteiger partial charge in [-0.3, -0.25) is 0 Å². The maximum Gasteiger partial charge on any atom is 0.0377 e. The van der Waals surface area contributed by atoms with E-state index in [9.17, 15) is 0 Å². The maximum absolute atomic E-state index is 3.83. The molecule has 0 saturated heterocycles. The molecule has 1 nitrogen and oxygen atoms in total. The van der Waals surface area contributed by atoms with E-state index < -0.39 is 0 Å². The van der Waals surface area contributed by atoms with Crippen LogP contribution >= 0.6 is 0 Å². The Kier molecular flexibility index (Phi) is 2.74. The number of nitrogens with one attached hydrogen (secondary N) is 1. The fraction of sp³-hybridized carbons (Fsp3) is 0.625. The van der Waals surface area contributed by atoms with E-state index in [1.54, 1.807) is 5.56 Å². The van der Waals surface area contributed by atoms with Crippen molar-refractivity contribution in [3.8, 4) is 0 Å². The SMILES string of the molecule is CC1(C)Cc2ccccc2C1NCC1CCC1. The van der Waals surface area contributed by atoms with Gasteiger partial charge in [0, 0.05) is 6.04 Å². The molecular formula is C16H23N. The summed E-state index contributed by atoms with van der Waals surface area (Å²) in [6.45, 7) is 6.00. The molecule has 0 heterocycles. The molecule has 0 spiro atoms. The minimum absolute atomic E-state index is 0.368. The standard InChI is InChI=1S/C16H23N/c1-16(2)10-13-8-3-4-9-14(13)15(16)17-11-12-6-5-7-12/h3-4,8-9,12,15,17H,5-7,10-11H2,1-2H3. The summed E-state index contributed by atoms with van der Waals surface area (Å²) in [5.41, 5.74) is 3.45. The highest BCUT2D eigenvalue weighted by Gasteiger charge is 2.38. The van der Waals surface area contributed by atoms with Crippen LogP contribution < -0.4 is 5.32 Å². The van der Waals surface area contributed by atoms with Gasteiger partial charge in [-0.05, 0) is 48.3 Å². The first-order valence-electron chi connectivity index (χ1n) is 6.98. The Bertz CT molecular complexity index is 404. The van der Waals surface area contributed by atoms with Crippen LogP contribution in [0, 0.1) is 11.3 Å². The van der Waals surface area contributed by atoms with E-state index >= 15 is 0 Å². The normalized spacial score (nSPS) is 26.6. The summed E-state index contributed by atoms with van der Waals surface area (Å²) in [5, 5.41) is 3.83. The molecule has 0 bridgehead atoms. The summed E-state index contributed by atoms with van der Waals surface area (Å²) in [6.07, 6.45) is 5.52. The second kappa shape index (κ2) is 4.13. The van der Waals surface area contributed by atoms with Gasteiger partial charge in [-0.2, -0.15) is 0 Å². The Hall–Kier alpha value is -0.820. The van der Waals surface area contributed by atoms with Crippen LogP contribution in [0.1, 0.15) is 50.3 Å². The minimum Gasteiger partial charge on any atom is -0.309 e. The van der Waals surface area contributed by atoms with Gasteiger partial charge in [0.25, 0.3) is 0 Å². The van der Waals surface area contributed by atoms with Crippen LogP contribution in [-0.4, -0.2) is 6.54 Å². The van der Waals surface area contributed by atoms with Crippen molar-refractivity contribution >= 4 is 0 Å². The van der Waals surface area contributed by atoms with E-state index in [1.807, 2.05) is 0 Å². The zero-order valence-electron chi connectivity index (χ0n) is 11.0. The number of fused-ring (bicyclic) bond motifs is 1. The van der Waals surface area contributed by atoms with Gasteiger partial charge in [-0.25, -0.2) is 0 Å². The van der Waals surface area contributed by atoms with E-state index in [-0.39, 0.29) is 0 Å². The Labute approximate surface area is 105 Å². The van der Waals surface area contributed by atoms with Gasteiger partial charge in [-0.1, -0.05) is 44.5 Å². The lowest BCUT2D eigenvalue weighted by atomic mass is 9.82. The van der Waals surface area contributed by atoms with E-state index in [2.05, 4.69) is 43.4 Å². The molecule has 1 aromatic rings. The Balaban J connectivity index is 1.76. The molecule has 1 atom stereocenters. The molecule has 1 N–H and O–H groups in total. The lowest BCUT2D eigenvalue weighted by molar-refractivity contribution is 0.227. The van der Waals surface area contributed by atoms with Crippen molar-refractivity contribution in [2.45, 2.75) is 45.6 Å². The lowest BCUT2D eigenvalue weighted by Gasteiger charge is -2.33. The van der Waals surface area contributed by atoms with Crippen molar-refractivity contribution in [1.82, 2.24) is 5.32 Å². The first-order chi connectivity index (χ1) is 8.17. The fourth-order valence-electron chi connectivity index (χ4n) is 3.36. The Morgan fingerprint density at radius 1 is 1.24 bits per heavy atom. The van der Waals surface area contributed by atoms with Gasteiger partial charge in [0.2, 0.25) is 0 Å². The number of rotatable bonds is 3.